The highest BCUT2D eigenvalue weighted by molar-refractivity contribution is 6.30. The van der Waals surface area contributed by atoms with E-state index in [2.05, 4.69) is 50.7 Å². The molecule has 6 rings (SSSR count). The fourth-order valence-electron chi connectivity index (χ4n) is 5.61. The molecule has 1 saturated carbocycles. The molecule has 1 fully saturated rings. The molecule has 3 aromatic heterocycles. The highest BCUT2D eigenvalue weighted by Gasteiger charge is 2.31. The van der Waals surface area contributed by atoms with Gasteiger partial charge in [0.1, 0.15) is 29.2 Å². The summed E-state index contributed by atoms with van der Waals surface area (Å²) in [7, 11) is 0. The number of benzene rings is 1. The minimum absolute atomic E-state index is 0.0742. The monoisotopic (exact) mass is 498 g/mol. The van der Waals surface area contributed by atoms with Crippen LogP contribution in [0.1, 0.15) is 61.5 Å². The van der Waals surface area contributed by atoms with E-state index in [0.717, 1.165) is 41.4 Å². The van der Waals surface area contributed by atoms with E-state index in [4.69, 9.17) is 21.3 Å². The highest BCUT2D eigenvalue weighted by Crippen LogP contribution is 2.38. The van der Waals surface area contributed by atoms with Gasteiger partial charge in [-0.1, -0.05) is 55.6 Å². The highest BCUT2D eigenvalue weighted by atomic mass is 35.5. The van der Waals surface area contributed by atoms with Crippen molar-refractivity contribution in [2.45, 2.75) is 51.7 Å². The van der Waals surface area contributed by atoms with E-state index >= 15 is 0 Å². The second kappa shape index (κ2) is 9.61. The van der Waals surface area contributed by atoms with Crippen molar-refractivity contribution in [2.75, 3.05) is 6.61 Å². The molecule has 2 aliphatic rings. The van der Waals surface area contributed by atoms with Gasteiger partial charge in [-0.15, -0.1) is 0 Å². The van der Waals surface area contributed by atoms with Crippen LogP contribution in [-0.2, 0) is 17.7 Å². The van der Waals surface area contributed by atoms with Crippen molar-refractivity contribution in [3.63, 3.8) is 0 Å². The number of imidazole rings is 1. The Kier molecular flexibility index (Phi) is 6.16. The van der Waals surface area contributed by atoms with E-state index < -0.39 is 0 Å². The predicted molar refractivity (Wildman–Crippen MR) is 137 cm³/mol. The van der Waals surface area contributed by atoms with Gasteiger partial charge in [0.05, 0.1) is 11.6 Å². The molecule has 0 amide bonds. The number of hydrogen-bond acceptors (Lipinski definition) is 6. The van der Waals surface area contributed by atoms with E-state index in [0.29, 0.717) is 28.9 Å². The summed E-state index contributed by atoms with van der Waals surface area (Å²) in [4.78, 5) is 18.4. The summed E-state index contributed by atoms with van der Waals surface area (Å²) < 4.78 is 8.61. The van der Waals surface area contributed by atoms with Crippen molar-refractivity contribution >= 4 is 22.8 Å². The first-order valence-electron chi connectivity index (χ1n) is 12.6. The molecule has 4 aromatic rings. The van der Waals surface area contributed by atoms with Gasteiger partial charge in [-0.2, -0.15) is 10.2 Å². The van der Waals surface area contributed by atoms with Crippen LogP contribution < -0.4 is 0 Å². The third kappa shape index (κ3) is 4.25. The molecule has 0 bridgehead atoms. The molecule has 1 aliphatic heterocycles. The summed E-state index contributed by atoms with van der Waals surface area (Å²) in [5, 5.41) is 10.2. The summed E-state index contributed by atoms with van der Waals surface area (Å²) in [6.45, 7) is 3.77. The Balaban J connectivity index is 1.58. The minimum Gasteiger partial charge on any atom is -0.365 e. The molecule has 1 atom stereocenters. The second-order valence-electron chi connectivity index (χ2n) is 9.98. The van der Waals surface area contributed by atoms with E-state index in [1.54, 1.807) is 12.4 Å². The maximum Gasteiger partial charge on any atom is 0.234 e. The van der Waals surface area contributed by atoms with Gasteiger partial charge in [0.15, 0.2) is 5.65 Å². The van der Waals surface area contributed by atoms with E-state index in [-0.39, 0.29) is 11.9 Å². The molecule has 0 saturated heterocycles. The van der Waals surface area contributed by atoms with Gasteiger partial charge in [-0.3, -0.25) is 4.98 Å². The average Bonchev–Trinajstić information content (AvgIpc) is 3.26. The van der Waals surface area contributed by atoms with Gasteiger partial charge in [0.2, 0.25) is 5.82 Å². The average molecular weight is 499 g/mol. The Morgan fingerprint density at radius 2 is 1.94 bits per heavy atom. The normalized spacial score (nSPS) is 21.8. The largest absolute Gasteiger partial charge is 0.365 e. The molecule has 7 nitrogen and oxygen atoms in total. The van der Waals surface area contributed by atoms with Crippen LogP contribution in [0.4, 0.5) is 0 Å². The fraction of sp³-hybridized carbons (Fsp3) is 0.393. The summed E-state index contributed by atoms with van der Waals surface area (Å²) in [6.07, 6.45) is 8.70. The SMILES string of the molecule is CC1CCC(Cn2c(C3OCCc4ccccc43)nc3nc(C#N)nc(-c4cncc(Cl)c4)c32)CC1. The van der Waals surface area contributed by atoms with Gasteiger partial charge >= 0.3 is 0 Å². The van der Waals surface area contributed by atoms with Gasteiger partial charge < -0.3 is 9.30 Å². The standard InChI is InChI=1S/C28H27ClN6O/c1-17-6-8-18(9-7-17)16-35-25-24(20-12-21(29)15-31-14-20)32-23(13-30)33-27(25)34-28(35)26-22-5-3-2-4-19(22)10-11-36-26/h2-5,12,14-15,17-18,26H,6-11,16H2,1H3. The van der Waals surface area contributed by atoms with Gasteiger partial charge in [0.25, 0.3) is 0 Å². The van der Waals surface area contributed by atoms with Gasteiger partial charge in [0, 0.05) is 24.5 Å². The van der Waals surface area contributed by atoms with Crippen LogP contribution in [0.2, 0.25) is 5.02 Å². The van der Waals surface area contributed by atoms with Crippen LogP contribution >= 0.6 is 11.6 Å². The summed E-state index contributed by atoms with van der Waals surface area (Å²) in [5.74, 6) is 2.18. The zero-order valence-electron chi connectivity index (χ0n) is 20.2. The van der Waals surface area contributed by atoms with Crippen molar-refractivity contribution in [3.05, 3.63) is 70.5 Å². The lowest BCUT2D eigenvalue weighted by molar-refractivity contribution is 0.0610. The Bertz CT molecular complexity index is 1470. The molecular formula is C28H27ClN6O. The van der Waals surface area contributed by atoms with Crippen molar-refractivity contribution in [1.82, 2.24) is 24.5 Å². The van der Waals surface area contributed by atoms with Crippen molar-refractivity contribution in [1.29, 1.82) is 5.26 Å². The van der Waals surface area contributed by atoms with Crippen LogP contribution in [0.5, 0.6) is 0 Å². The molecule has 0 spiro atoms. The van der Waals surface area contributed by atoms with Crippen LogP contribution in [0.25, 0.3) is 22.4 Å². The third-order valence-electron chi connectivity index (χ3n) is 7.52. The van der Waals surface area contributed by atoms with Crippen molar-refractivity contribution < 1.29 is 4.74 Å². The number of halogens is 1. The number of fused-ring (bicyclic) bond motifs is 2. The number of nitrogens with zero attached hydrogens (tertiary/aromatic N) is 6. The molecule has 8 heteroatoms. The van der Waals surface area contributed by atoms with Gasteiger partial charge in [-0.05, 0) is 48.3 Å². The molecular weight excluding hydrogens is 472 g/mol. The predicted octanol–water partition coefficient (Wildman–Crippen LogP) is 5.90. The zero-order valence-corrected chi connectivity index (χ0v) is 20.9. The molecule has 1 aliphatic carbocycles. The van der Waals surface area contributed by atoms with Crippen LogP contribution in [-0.4, -0.2) is 31.1 Å². The second-order valence-corrected chi connectivity index (χ2v) is 10.4. The van der Waals surface area contributed by atoms with Crippen LogP contribution in [0.15, 0.2) is 42.7 Å². The minimum atomic E-state index is -0.303. The smallest absolute Gasteiger partial charge is 0.234 e. The Hall–Kier alpha value is -3.34. The zero-order chi connectivity index (χ0) is 24.6. The molecule has 1 unspecified atom stereocenters. The maximum atomic E-state index is 9.69. The number of rotatable bonds is 4. The topological polar surface area (TPSA) is 89.5 Å². The van der Waals surface area contributed by atoms with E-state index in [1.165, 1.54) is 31.2 Å². The third-order valence-corrected chi connectivity index (χ3v) is 7.72. The lowest BCUT2D eigenvalue weighted by Gasteiger charge is -2.30. The van der Waals surface area contributed by atoms with E-state index in [1.807, 2.05) is 12.1 Å². The molecule has 0 N–H and O–H groups in total. The summed E-state index contributed by atoms with van der Waals surface area (Å²) in [5.41, 5.74) is 5.08. The fourth-order valence-corrected chi connectivity index (χ4v) is 5.78. The Morgan fingerprint density at radius 1 is 1.11 bits per heavy atom. The summed E-state index contributed by atoms with van der Waals surface area (Å²) >= 11 is 6.30. The first-order valence-corrected chi connectivity index (χ1v) is 13.0. The van der Waals surface area contributed by atoms with Crippen LogP contribution in [0.3, 0.4) is 0 Å². The first kappa shape index (κ1) is 23.1. The summed E-state index contributed by atoms with van der Waals surface area (Å²) in [6, 6.07) is 12.3. The van der Waals surface area contributed by atoms with Gasteiger partial charge in [-0.25, -0.2) is 9.97 Å². The quantitative estimate of drug-likeness (QED) is 0.348. The number of nitriles is 1. The van der Waals surface area contributed by atoms with Crippen molar-refractivity contribution in [2.24, 2.45) is 11.8 Å². The first-order chi connectivity index (χ1) is 17.6. The Morgan fingerprint density at radius 3 is 2.75 bits per heavy atom. The lowest BCUT2D eigenvalue weighted by atomic mass is 9.83. The number of hydrogen-bond donors (Lipinski definition) is 0. The van der Waals surface area contributed by atoms with Crippen LogP contribution in [0, 0.1) is 23.2 Å². The molecule has 0 radical (unpaired) electrons. The maximum absolute atomic E-state index is 9.69. The molecule has 1 aromatic carbocycles. The number of pyridine rings is 1. The van der Waals surface area contributed by atoms with Crippen molar-refractivity contribution in [3.8, 4) is 17.3 Å². The molecule has 182 valence electrons. The molecule has 36 heavy (non-hydrogen) atoms. The number of aromatic nitrogens is 5. The lowest BCUT2D eigenvalue weighted by Crippen LogP contribution is -2.24. The number of ether oxygens (including phenoxy) is 1. The van der Waals surface area contributed by atoms with E-state index in [9.17, 15) is 5.26 Å². The Labute approximate surface area is 215 Å². The molecule has 4 heterocycles.